The van der Waals surface area contributed by atoms with Gasteiger partial charge in [0.25, 0.3) is 11.6 Å². The number of hydrogen-bond donors (Lipinski definition) is 1. The number of aromatic nitrogens is 2. The molecule has 0 aliphatic heterocycles. The molecule has 1 aromatic heterocycles. The van der Waals surface area contributed by atoms with Crippen molar-refractivity contribution in [1.82, 2.24) is 15.1 Å². The second-order valence-corrected chi connectivity index (χ2v) is 9.10. The highest BCUT2D eigenvalue weighted by Crippen LogP contribution is 2.26. The minimum atomic E-state index is -0.440. The van der Waals surface area contributed by atoms with Crippen LogP contribution in [0, 0.1) is 17.0 Å². The summed E-state index contributed by atoms with van der Waals surface area (Å²) in [5.74, 6) is -0.267. The molecule has 1 unspecified atom stereocenters. The van der Waals surface area contributed by atoms with Crippen molar-refractivity contribution in [3.63, 3.8) is 0 Å². The molecule has 1 amide bonds. The highest BCUT2D eigenvalue weighted by atomic mass is 16.6. The first kappa shape index (κ1) is 24.6. The van der Waals surface area contributed by atoms with E-state index in [1.165, 1.54) is 12.1 Å². The zero-order valence-electron chi connectivity index (χ0n) is 20.8. The standard InChI is InChI=1S/C31H26N4O3/c1-22-9-8-14-27(19-22)34-30(21-29(33-34)25-15-17-26(18-16-25)35(37)38)31(36)32-28(24-12-6-3-7-13-24)20-23-10-4-2-5-11-23/h2-19,21,28H,20H2,1H3,(H,32,36). The van der Waals surface area contributed by atoms with Crippen LogP contribution in [0.25, 0.3) is 16.9 Å². The molecule has 7 heteroatoms. The van der Waals surface area contributed by atoms with E-state index in [4.69, 9.17) is 5.10 Å². The number of rotatable bonds is 8. The first-order valence-corrected chi connectivity index (χ1v) is 12.3. The zero-order chi connectivity index (χ0) is 26.5. The SMILES string of the molecule is Cc1cccc(-n2nc(-c3ccc([N+](=O)[O-])cc3)cc2C(=O)NC(Cc2ccccc2)c2ccccc2)c1. The number of aryl methyl sites for hydroxylation is 1. The summed E-state index contributed by atoms with van der Waals surface area (Å²) in [4.78, 5) is 24.5. The third-order valence-electron chi connectivity index (χ3n) is 6.35. The van der Waals surface area contributed by atoms with Gasteiger partial charge in [0.2, 0.25) is 0 Å². The van der Waals surface area contributed by atoms with Gasteiger partial charge in [0, 0.05) is 17.7 Å². The predicted octanol–water partition coefficient (Wildman–Crippen LogP) is 6.47. The molecule has 1 N–H and O–H groups in total. The van der Waals surface area contributed by atoms with E-state index in [-0.39, 0.29) is 17.6 Å². The van der Waals surface area contributed by atoms with Crippen LogP contribution in [-0.2, 0) is 6.42 Å². The van der Waals surface area contributed by atoms with Crippen molar-refractivity contribution in [2.75, 3.05) is 0 Å². The number of nitrogens with zero attached hydrogens (tertiary/aromatic N) is 3. The Labute approximate surface area is 220 Å². The van der Waals surface area contributed by atoms with Crippen LogP contribution in [0.15, 0.2) is 115 Å². The predicted molar refractivity (Wildman–Crippen MR) is 147 cm³/mol. The highest BCUT2D eigenvalue weighted by molar-refractivity contribution is 5.94. The van der Waals surface area contributed by atoms with Crippen molar-refractivity contribution in [3.8, 4) is 16.9 Å². The summed E-state index contributed by atoms with van der Waals surface area (Å²) in [6.45, 7) is 1.98. The fourth-order valence-electron chi connectivity index (χ4n) is 4.41. The van der Waals surface area contributed by atoms with Crippen molar-refractivity contribution in [2.24, 2.45) is 0 Å². The maximum Gasteiger partial charge on any atom is 0.270 e. The van der Waals surface area contributed by atoms with Gasteiger partial charge in [0.05, 0.1) is 22.3 Å². The normalized spacial score (nSPS) is 11.6. The van der Waals surface area contributed by atoms with Gasteiger partial charge in [-0.05, 0) is 60.4 Å². The van der Waals surface area contributed by atoms with Crippen molar-refractivity contribution >= 4 is 11.6 Å². The third-order valence-corrected chi connectivity index (χ3v) is 6.35. The second kappa shape index (κ2) is 10.9. The van der Waals surface area contributed by atoms with Crippen LogP contribution in [0.2, 0.25) is 0 Å². The first-order chi connectivity index (χ1) is 18.5. The van der Waals surface area contributed by atoms with Gasteiger partial charge in [-0.3, -0.25) is 14.9 Å². The number of carbonyl (C=O) groups is 1. The van der Waals surface area contributed by atoms with E-state index in [1.807, 2.05) is 91.9 Å². The van der Waals surface area contributed by atoms with Gasteiger partial charge < -0.3 is 5.32 Å². The summed E-state index contributed by atoms with van der Waals surface area (Å²) >= 11 is 0. The Kier molecular flexibility index (Phi) is 7.08. The van der Waals surface area contributed by atoms with Gasteiger partial charge in [-0.15, -0.1) is 0 Å². The molecule has 0 fully saturated rings. The van der Waals surface area contributed by atoms with E-state index in [2.05, 4.69) is 5.32 Å². The smallest absolute Gasteiger partial charge is 0.270 e. The molecular formula is C31H26N4O3. The van der Waals surface area contributed by atoms with Crippen molar-refractivity contribution in [2.45, 2.75) is 19.4 Å². The minimum absolute atomic E-state index is 0.00329. The maximum atomic E-state index is 13.8. The molecule has 0 aliphatic rings. The molecular weight excluding hydrogens is 476 g/mol. The molecule has 1 heterocycles. The topological polar surface area (TPSA) is 90.1 Å². The van der Waals surface area contributed by atoms with Gasteiger partial charge in [-0.2, -0.15) is 5.10 Å². The number of nitrogens with one attached hydrogen (secondary N) is 1. The molecule has 188 valence electrons. The van der Waals surface area contributed by atoms with E-state index in [1.54, 1.807) is 22.9 Å². The molecule has 0 aliphatic carbocycles. The summed E-state index contributed by atoms with van der Waals surface area (Å²) in [7, 11) is 0. The second-order valence-electron chi connectivity index (χ2n) is 9.10. The van der Waals surface area contributed by atoms with Gasteiger partial charge in [-0.1, -0.05) is 72.8 Å². The summed E-state index contributed by atoms with van der Waals surface area (Å²) in [6, 6.07) is 35.3. The molecule has 0 saturated carbocycles. The van der Waals surface area contributed by atoms with Crippen LogP contribution in [0.1, 0.15) is 33.2 Å². The van der Waals surface area contributed by atoms with Crippen LogP contribution < -0.4 is 5.32 Å². The van der Waals surface area contributed by atoms with Crippen LogP contribution in [0.5, 0.6) is 0 Å². The third kappa shape index (κ3) is 5.52. The molecule has 5 aromatic rings. The fraction of sp³-hybridized carbons (Fsp3) is 0.0968. The summed E-state index contributed by atoms with van der Waals surface area (Å²) < 4.78 is 1.63. The number of non-ortho nitro benzene ring substituents is 1. The lowest BCUT2D eigenvalue weighted by Gasteiger charge is -2.20. The number of hydrogen-bond acceptors (Lipinski definition) is 4. The van der Waals surface area contributed by atoms with Crippen molar-refractivity contribution < 1.29 is 9.72 Å². The Balaban J connectivity index is 1.53. The molecule has 0 spiro atoms. The summed E-state index contributed by atoms with van der Waals surface area (Å²) in [6.07, 6.45) is 0.629. The summed E-state index contributed by atoms with van der Waals surface area (Å²) in [5, 5.41) is 19.1. The first-order valence-electron chi connectivity index (χ1n) is 12.3. The molecule has 0 saturated heterocycles. The quantitative estimate of drug-likeness (QED) is 0.194. The molecule has 0 bridgehead atoms. The Morgan fingerprint density at radius 3 is 2.24 bits per heavy atom. The van der Waals surface area contributed by atoms with E-state index in [0.717, 1.165) is 22.4 Å². The number of nitro groups is 1. The maximum absolute atomic E-state index is 13.8. The Morgan fingerprint density at radius 2 is 1.58 bits per heavy atom. The monoisotopic (exact) mass is 502 g/mol. The number of nitro benzene ring substituents is 1. The van der Waals surface area contributed by atoms with Crippen molar-refractivity contribution in [1.29, 1.82) is 0 Å². The van der Waals surface area contributed by atoms with Crippen LogP contribution in [0.3, 0.4) is 0 Å². The van der Waals surface area contributed by atoms with E-state index in [9.17, 15) is 14.9 Å². The number of amides is 1. The van der Waals surface area contributed by atoms with Crippen LogP contribution in [0.4, 0.5) is 5.69 Å². The number of benzene rings is 4. The molecule has 4 aromatic carbocycles. The van der Waals surface area contributed by atoms with E-state index < -0.39 is 4.92 Å². The van der Waals surface area contributed by atoms with Gasteiger partial charge in [0.1, 0.15) is 5.69 Å². The summed E-state index contributed by atoms with van der Waals surface area (Å²) in [5.41, 5.74) is 5.50. The van der Waals surface area contributed by atoms with Crippen LogP contribution >= 0.6 is 0 Å². The van der Waals surface area contributed by atoms with Gasteiger partial charge in [0.15, 0.2) is 0 Å². The van der Waals surface area contributed by atoms with Gasteiger partial charge in [-0.25, -0.2) is 4.68 Å². The average molecular weight is 503 g/mol. The van der Waals surface area contributed by atoms with Gasteiger partial charge >= 0.3 is 0 Å². The van der Waals surface area contributed by atoms with E-state index >= 15 is 0 Å². The molecule has 5 rings (SSSR count). The Hall–Kier alpha value is -5.04. The largest absolute Gasteiger partial charge is 0.344 e. The van der Waals surface area contributed by atoms with E-state index in [0.29, 0.717) is 23.4 Å². The highest BCUT2D eigenvalue weighted by Gasteiger charge is 2.22. The zero-order valence-corrected chi connectivity index (χ0v) is 20.8. The molecule has 0 radical (unpaired) electrons. The lowest BCUT2D eigenvalue weighted by atomic mass is 9.98. The van der Waals surface area contributed by atoms with Crippen LogP contribution in [-0.4, -0.2) is 20.6 Å². The minimum Gasteiger partial charge on any atom is -0.344 e. The lowest BCUT2D eigenvalue weighted by Crippen LogP contribution is -2.31. The Bertz CT molecular complexity index is 1560. The average Bonchev–Trinajstić information content (AvgIpc) is 3.40. The lowest BCUT2D eigenvalue weighted by molar-refractivity contribution is -0.384. The molecule has 7 nitrogen and oxygen atoms in total. The van der Waals surface area contributed by atoms with Crippen molar-refractivity contribution in [3.05, 3.63) is 148 Å². The molecule has 1 atom stereocenters. The number of carbonyl (C=O) groups excluding carboxylic acids is 1. The Morgan fingerprint density at radius 1 is 0.895 bits per heavy atom. The fourth-order valence-corrected chi connectivity index (χ4v) is 4.41. The molecule has 38 heavy (non-hydrogen) atoms.